The summed E-state index contributed by atoms with van der Waals surface area (Å²) in [6.45, 7) is 0.938. The molecule has 0 radical (unpaired) electrons. The summed E-state index contributed by atoms with van der Waals surface area (Å²) in [5, 5.41) is 2.47. The zero-order valence-electron chi connectivity index (χ0n) is 11.1. The molecular weight excluding hydrogens is 259 g/mol. The summed E-state index contributed by atoms with van der Waals surface area (Å²) >= 11 is 0. The van der Waals surface area contributed by atoms with Crippen LogP contribution in [0.4, 0.5) is 13.2 Å². The largest absolute Gasteiger partial charge is 0.389 e. The van der Waals surface area contributed by atoms with Gasteiger partial charge in [-0.15, -0.1) is 0 Å². The van der Waals surface area contributed by atoms with Gasteiger partial charge >= 0.3 is 6.18 Å². The van der Waals surface area contributed by atoms with Gasteiger partial charge in [-0.25, -0.2) is 0 Å². The Morgan fingerprint density at radius 3 is 2.53 bits per heavy atom. The third kappa shape index (κ3) is 8.86. The second kappa shape index (κ2) is 8.40. The molecule has 1 aliphatic carbocycles. The van der Waals surface area contributed by atoms with E-state index in [0.717, 1.165) is 12.8 Å². The quantitative estimate of drug-likeness (QED) is 0.728. The molecule has 0 atom stereocenters. The topological polar surface area (TPSA) is 38.3 Å². The highest BCUT2D eigenvalue weighted by Crippen LogP contribution is 2.21. The van der Waals surface area contributed by atoms with Crippen LogP contribution < -0.4 is 5.32 Å². The van der Waals surface area contributed by atoms with Crippen molar-refractivity contribution in [3.05, 3.63) is 0 Å². The van der Waals surface area contributed by atoms with E-state index in [9.17, 15) is 18.0 Å². The molecule has 1 saturated carbocycles. The summed E-state index contributed by atoms with van der Waals surface area (Å²) in [6.07, 6.45) is 1.04. The maximum atomic E-state index is 11.9. The molecule has 0 spiro atoms. The van der Waals surface area contributed by atoms with Crippen molar-refractivity contribution in [2.75, 3.05) is 13.2 Å². The molecule has 0 aliphatic heterocycles. The Labute approximate surface area is 111 Å². The summed E-state index contributed by atoms with van der Waals surface area (Å²) in [5.41, 5.74) is 0. The minimum Gasteiger partial charge on any atom is -0.378 e. The van der Waals surface area contributed by atoms with Crippen LogP contribution in [-0.2, 0) is 9.53 Å². The van der Waals surface area contributed by atoms with Crippen LogP contribution in [0.3, 0.4) is 0 Å². The minimum atomic E-state index is -4.26. The zero-order chi connectivity index (χ0) is 14.1. The average molecular weight is 281 g/mol. The van der Waals surface area contributed by atoms with E-state index in [2.05, 4.69) is 5.32 Å². The average Bonchev–Trinajstić information content (AvgIpc) is 2.36. The fourth-order valence-corrected chi connectivity index (χ4v) is 2.13. The molecule has 0 heterocycles. The van der Waals surface area contributed by atoms with Gasteiger partial charge in [0.25, 0.3) is 0 Å². The summed E-state index contributed by atoms with van der Waals surface area (Å²) in [6, 6.07) is 0. The number of hydrogen-bond donors (Lipinski definition) is 1. The van der Waals surface area contributed by atoms with Crippen molar-refractivity contribution in [2.45, 2.75) is 63.6 Å². The lowest BCUT2D eigenvalue weighted by Crippen LogP contribution is -2.27. The van der Waals surface area contributed by atoms with Gasteiger partial charge in [-0.1, -0.05) is 19.3 Å². The first-order valence-electron chi connectivity index (χ1n) is 6.92. The first-order valence-corrected chi connectivity index (χ1v) is 6.92. The molecule has 0 aromatic heterocycles. The van der Waals surface area contributed by atoms with Crippen molar-refractivity contribution < 1.29 is 22.7 Å². The summed E-state index contributed by atoms with van der Waals surface area (Å²) in [4.78, 5) is 11.1. The number of alkyl halides is 3. The van der Waals surface area contributed by atoms with Crippen LogP contribution in [0.2, 0.25) is 0 Å². The zero-order valence-corrected chi connectivity index (χ0v) is 11.1. The Bertz CT molecular complexity index is 263. The molecule has 0 aromatic carbocycles. The lowest BCUT2D eigenvalue weighted by molar-refractivity contribution is -0.144. The van der Waals surface area contributed by atoms with E-state index in [-0.39, 0.29) is 0 Å². The van der Waals surface area contributed by atoms with Crippen molar-refractivity contribution >= 4 is 5.91 Å². The molecule has 1 amide bonds. The Morgan fingerprint density at radius 1 is 1.21 bits per heavy atom. The van der Waals surface area contributed by atoms with Gasteiger partial charge in [0, 0.05) is 19.6 Å². The molecule has 0 aromatic rings. The van der Waals surface area contributed by atoms with Crippen molar-refractivity contribution in [3.8, 4) is 0 Å². The predicted octanol–water partition coefficient (Wildman–Crippen LogP) is 3.18. The van der Waals surface area contributed by atoms with Crippen LogP contribution in [0.5, 0.6) is 0 Å². The van der Waals surface area contributed by atoms with Crippen LogP contribution in [0, 0.1) is 0 Å². The summed E-state index contributed by atoms with van der Waals surface area (Å²) < 4.78 is 41.2. The van der Waals surface area contributed by atoms with Crippen molar-refractivity contribution in [3.63, 3.8) is 0 Å². The smallest absolute Gasteiger partial charge is 0.378 e. The number of amides is 1. The molecule has 1 rings (SSSR count). The van der Waals surface area contributed by atoms with Gasteiger partial charge in [0.15, 0.2) is 0 Å². The lowest BCUT2D eigenvalue weighted by Gasteiger charge is -2.21. The van der Waals surface area contributed by atoms with Gasteiger partial charge in [-0.2, -0.15) is 13.2 Å². The van der Waals surface area contributed by atoms with Crippen molar-refractivity contribution in [1.82, 2.24) is 5.32 Å². The number of carbonyl (C=O) groups excluding carboxylic acids is 1. The summed E-state index contributed by atoms with van der Waals surface area (Å²) in [7, 11) is 0. The highest BCUT2D eigenvalue weighted by atomic mass is 19.4. The molecule has 1 fully saturated rings. The van der Waals surface area contributed by atoms with Gasteiger partial charge in [0.05, 0.1) is 12.5 Å². The summed E-state index contributed by atoms with van der Waals surface area (Å²) in [5.74, 6) is -0.546. The number of nitrogens with one attached hydrogen (secondary N) is 1. The van der Waals surface area contributed by atoms with E-state index in [1.165, 1.54) is 19.3 Å². The van der Waals surface area contributed by atoms with Gasteiger partial charge in [-0.3, -0.25) is 4.79 Å². The van der Waals surface area contributed by atoms with E-state index in [1.807, 2.05) is 0 Å². The Balaban J connectivity index is 1.93. The fraction of sp³-hybridized carbons (Fsp3) is 0.923. The van der Waals surface area contributed by atoms with Crippen LogP contribution in [0.1, 0.15) is 51.4 Å². The normalized spacial score (nSPS) is 17.4. The molecule has 0 bridgehead atoms. The molecule has 6 heteroatoms. The molecular formula is C13H22F3NO2. The number of ether oxygens (including phenoxy) is 1. The predicted molar refractivity (Wildman–Crippen MR) is 65.7 cm³/mol. The molecule has 3 nitrogen and oxygen atoms in total. The van der Waals surface area contributed by atoms with E-state index in [0.29, 0.717) is 25.7 Å². The lowest BCUT2D eigenvalue weighted by atomic mass is 9.98. The second-order valence-electron chi connectivity index (χ2n) is 4.95. The van der Waals surface area contributed by atoms with Gasteiger partial charge in [0.1, 0.15) is 0 Å². The van der Waals surface area contributed by atoms with Crippen molar-refractivity contribution in [2.24, 2.45) is 0 Å². The van der Waals surface area contributed by atoms with Crippen molar-refractivity contribution in [1.29, 1.82) is 0 Å². The number of carbonyl (C=O) groups is 1. The van der Waals surface area contributed by atoms with E-state index in [1.54, 1.807) is 0 Å². The van der Waals surface area contributed by atoms with Gasteiger partial charge in [0.2, 0.25) is 5.91 Å². The van der Waals surface area contributed by atoms with Crippen LogP contribution in [-0.4, -0.2) is 31.3 Å². The monoisotopic (exact) mass is 281 g/mol. The highest BCUT2D eigenvalue weighted by molar-refractivity contribution is 5.75. The van der Waals surface area contributed by atoms with E-state index >= 15 is 0 Å². The van der Waals surface area contributed by atoms with Gasteiger partial charge < -0.3 is 10.1 Å². The molecule has 19 heavy (non-hydrogen) atoms. The first kappa shape index (κ1) is 16.3. The standard InChI is InChI=1S/C13H22F3NO2/c14-13(15,16)8-7-12(18)17-9-4-10-19-11-5-2-1-3-6-11/h11H,1-10H2,(H,17,18). The molecule has 112 valence electrons. The van der Waals surface area contributed by atoms with E-state index < -0.39 is 24.9 Å². The third-order valence-electron chi connectivity index (χ3n) is 3.18. The number of rotatable bonds is 7. The number of halogens is 3. The molecule has 0 saturated heterocycles. The molecule has 1 N–H and O–H groups in total. The maximum absolute atomic E-state index is 11.9. The first-order chi connectivity index (χ1) is 8.97. The second-order valence-corrected chi connectivity index (χ2v) is 4.95. The molecule has 0 unspecified atom stereocenters. The minimum absolute atomic E-state index is 0.328. The molecule has 1 aliphatic rings. The maximum Gasteiger partial charge on any atom is 0.389 e. The highest BCUT2D eigenvalue weighted by Gasteiger charge is 2.27. The van der Waals surface area contributed by atoms with Gasteiger partial charge in [-0.05, 0) is 19.3 Å². The Hall–Kier alpha value is -0.780. The van der Waals surface area contributed by atoms with Crippen LogP contribution in [0.25, 0.3) is 0 Å². The Kier molecular flexibility index (Phi) is 7.20. The fourth-order valence-electron chi connectivity index (χ4n) is 2.13. The van der Waals surface area contributed by atoms with E-state index in [4.69, 9.17) is 4.74 Å². The van der Waals surface area contributed by atoms with Crippen LogP contribution >= 0.6 is 0 Å². The SMILES string of the molecule is O=C(CCC(F)(F)F)NCCCOC1CCCCC1. The number of hydrogen-bond acceptors (Lipinski definition) is 2. The van der Waals surface area contributed by atoms with Crippen LogP contribution in [0.15, 0.2) is 0 Å². The third-order valence-corrected chi connectivity index (χ3v) is 3.18. The Morgan fingerprint density at radius 2 is 1.89 bits per heavy atom.